The Kier molecular flexibility index (Phi) is 5.24. The molecule has 1 rings (SSSR count). The zero-order chi connectivity index (χ0) is 15.2. The molecule has 0 aliphatic heterocycles. The third-order valence-electron chi connectivity index (χ3n) is 2.13. The molecule has 0 aliphatic rings. The molecule has 0 bridgehead atoms. The van der Waals surface area contributed by atoms with Gasteiger partial charge in [-0.2, -0.15) is 13.2 Å². The quantitative estimate of drug-likeness (QED) is 0.811. The van der Waals surface area contributed by atoms with E-state index in [-0.39, 0.29) is 5.56 Å². The first kappa shape index (κ1) is 15.7. The third-order valence-corrected chi connectivity index (χ3v) is 2.13. The van der Waals surface area contributed by atoms with Gasteiger partial charge >= 0.3 is 12.1 Å². The highest BCUT2D eigenvalue weighted by Gasteiger charge is 2.26. The number of halogens is 3. The molecule has 0 aliphatic carbocycles. The molecular formula is C12H11F3N2O3. The van der Waals surface area contributed by atoms with Crippen LogP contribution in [0.3, 0.4) is 0 Å². The van der Waals surface area contributed by atoms with Gasteiger partial charge in [0.25, 0.3) is 5.91 Å². The standard InChI is InChI=1S/C12H11F3N2O3/c13-12(14,15)3-4-17-11(20)9-5-8(6-16-7-9)1-2-10(18)19/h1-2,5-7H,3-4H2,(H,17,20)(H,18,19). The van der Waals surface area contributed by atoms with Crippen LogP contribution in [-0.2, 0) is 4.79 Å². The minimum absolute atomic E-state index is 0.0553. The van der Waals surface area contributed by atoms with Gasteiger partial charge in [-0.1, -0.05) is 0 Å². The van der Waals surface area contributed by atoms with Gasteiger partial charge in [0.2, 0.25) is 0 Å². The lowest BCUT2D eigenvalue weighted by molar-refractivity contribution is -0.133. The van der Waals surface area contributed by atoms with E-state index in [1.807, 2.05) is 0 Å². The number of rotatable bonds is 5. The van der Waals surface area contributed by atoms with Gasteiger partial charge in [0.05, 0.1) is 12.0 Å². The molecular weight excluding hydrogens is 277 g/mol. The molecule has 5 nitrogen and oxygen atoms in total. The summed E-state index contributed by atoms with van der Waals surface area (Å²) >= 11 is 0. The molecule has 1 amide bonds. The van der Waals surface area contributed by atoms with Crippen LogP contribution in [0, 0.1) is 0 Å². The smallest absolute Gasteiger partial charge is 0.390 e. The molecule has 2 N–H and O–H groups in total. The van der Waals surface area contributed by atoms with E-state index < -0.39 is 31.0 Å². The molecule has 1 aromatic rings. The second-order valence-corrected chi connectivity index (χ2v) is 3.80. The molecule has 1 aromatic heterocycles. The van der Waals surface area contributed by atoms with E-state index in [9.17, 15) is 22.8 Å². The highest BCUT2D eigenvalue weighted by molar-refractivity contribution is 5.94. The summed E-state index contributed by atoms with van der Waals surface area (Å²) in [6.07, 6.45) is -0.862. The van der Waals surface area contributed by atoms with Crippen LogP contribution in [0.4, 0.5) is 13.2 Å². The van der Waals surface area contributed by atoms with E-state index >= 15 is 0 Å². The van der Waals surface area contributed by atoms with Crippen molar-refractivity contribution >= 4 is 18.0 Å². The lowest BCUT2D eigenvalue weighted by Crippen LogP contribution is -2.28. The van der Waals surface area contributed by atoms with Crippen molar-refractivity contribution in [1.29, 1.82) is 0 Å². The summed E-state index contributed by atoms with van der Waals surface area (Å²) in [7, 11) is 0. The number of hydrogen-bond donors (Lipinski definition) is 2. The molecule has 0 radical (unpaired) electrons. The molecule has 0 aromatic carbocycles. The van der Waals surface area contributed by atoms with Crippen LogP contribution in [0.2, 0.25) is 0 Å². The molecule has 0 saturated heterocycles. The van der Waals surface area contributed by atoms with E-state index in [4.69, 9.17) is 5.11 Å². The number of aliphatic carboxylic acids is 1. The summed E-state index contributed by atoms with van der Waals surface area (Å²) in [4.78, 5) is 25.6. The van der Waals surface area contributed by atoms with Crippen molar-refractivity contribution in [3.05, 3.63) is 35.7 Å². The van der Waals surface area contributed by atoms with Gasteiger partial charge in [-0.25, -0.2) is 4.79 Å². The number of aromatic nitrogens is 1. The fourth-order valence-corrected chi connectivity index (χ4v) is 1.26. The van der Waals surface area contributed by atoms with Crippen LogP contribution < -0.4 is 5.32 Å². The van der Waals surface area contributed by atoms with Crippen molar-refractivity contribution < 1.29 is 27.9 Å². The number of hydrogen-bond acceptors (Lipinski definition) is 3. The Balaban J connectivity index is 2.65. The molecule has 108 valence electrons. The summed E-state index contributed by atoms with van der Waals surface area (Å²) in [5.74, 6) is -1.86. The van der Waals surface area contributed by atoms with Crippen LogP contribution in [0.1, 0.15) is 22.3 Å². The average Bonchev–Trinajstić information content (AvgIpc) is 2.35. The highest BCUT2D eigenvalue weighted by atomic mass is 19.4. The molecule has 0 fully saturated rings. The van der Waals surface area contributed by atoms with Crippen molar-refractivity contribution in [2.45, 2.75) is 12.6 Å². The molecule has 20 heavy (non-hydrogen) atoms. The largest absolute Gasteiger partial charge is 0.478 e. The zero-order valence-electron chi connectivity index (χ0n) is 10.1. The SMILES string of the molecule is O=C(O)C=Cc1cncc(C(=O)NCCC(F)(F)F)c1. The minimum Gasteiger partial charge on any atom is -0.478 e. The van der Waals surface area contributed by atoms with Gasteiger partial charge in [0, 0.05) is 25.0 Å². The van der Waals surface area contributed by atoms with Crippen molar-refractivity contribution in [1.82, 2.24) is 10.3 Å². The predicted molar refractivity (Wildman–Crippen MR) is 63.9 cm³/mol. The fraction of sp³-hybridized carbons (Fsp3) is 0.250. The van der Waals surface area contributed by atoms with Gasteiger partial charge < -0.3 is 10.4 Å². The van der Waals surface area contributed by atoms with Crippen molar-refractivity contribution in [2.24, 2.45) is 0 Å². The fourth-order valence-electron chi connectivity index (χ4n) is 1.26. The lowest BCUT2D eigenvalue weighted by Gasteiger charge is -2.07. The first-order valence-corrected chi connectivity index (χ1v) is 5.49. The number of carboxylic acid groups (broad SMARTS) is 1. The Labute approximate surface area is 112 Å². The molecule has 8 heteroatoms. The van der Waals surface area contributed by atoms with Crippen molar-refractivity contribution in [3.63, 3.8) is 0 Å². The van der Waals surface area contributed by atoms with Crippen LogP contribution in [0.25, 0.3) is 6.08 Å². The third kappa shape index (κ3) is 5.98. The van der Waals surface area contributed by atoms with E-state index in [1.165, 1.54) is 24.5 Å². The normalized spacial score (nSPS) is 11.6. The van der Waals surface area contributed by atoms with E-state index in [0.717, 1.165) is 6.08 Å². The summed E-state index contributed by atoms with van der Waals surface area (Å²) in [6, 6.07) is 1.33. The van der Waals surface area contributed by atoms with Gasteiger partial charge in [0.1, 0.15) is 0 Å². The average molecular weight is 288 g/mol. The first-order chi connectivity index (χ1) is 9.28. The maximum Gasteiger partial charge on any atom is 0.390 e. The Morgan fingerprint density at radius 3 is 2.65 bits per heavy atom. The van der Waals surface area contributed by atoms with Gasteiger partial charge in [-0.15, -0.1) is 0 Å². The number of amides is 1. The Morgan fingerprint density at radius 1 is 1.35 bits per heavy atom. The Morgan fingerprint density at radius 2 is 2.05 bits per heavy atom. The van der Waals surface area contributed by atoms with Crippen LogP contribution in [-0.4, -0.2) is 34.7 Å². The molecule has 0 spiro atoms. The summed E-state index contributed by atoms with van der Waals surface area (Å²) < 4.78 is 35.8. The summed E-state index contributed by atoms with van der Waals surface area (Å²) in [5, 5.41) is 10.6. The van der Waals surface area contributed by atoms with Crippen molar-refractivity contribution in [2.75, 3.05) is 6.54 Å². The molecule has 0 unspecified atom stereocenters. The number of carbonyl (C=O) groups is 2. The lowest BCUT2D eigenvalue weighted by atomic mass is 10.2. The molecule has 0 atom stereocenters. The Bertz CT molecular complexity index is 527. The number of nitrogens with one attached hydrogen (secondary N) is 1. The molecule has 0 saturated carbocycles. The first-order valence-electron chi connectivity index (χ1n) is 5.49. The number of alkyl halides is 3. The van der Waals surface area contributed by atoms with Gasteiger partial charge in [-0.05, 0) is 17.7 Å². The topological polar surface area (TPSA) is 79.3 Å². The maximum atomic E-state index is 11.9. The van der Waals surface area contributed by atoms with E-state index in [1.54, 1.807) is 0 Å². The Hall–Kier alpha value is -2.38. The second-order valence-electron chi connectivity index (χ2n) is 3.80. The van der Waals surface area contributed by atoms with Gasteiger partial charge in [-0.3, -0.25) is 9.78 Å². The second kappa shape index (κ2) is 6.69. The number of carboxylic acids is 1. The van der Waals surface area contributed by atoms with Crippen LogP contribution >= 0.6 is 0 Å². The van der Waals surface area contributed by atoms with Crippen molar-refractivity contribution in [3.8, 4) is 0 Å². The van der Waals surface area contributed by atoms with Crippen LogP contribution in [0.15, 0.2) is 24.5 Å². The number of nitrogens with zero attached hydrogens (tertiary/aromatic N) is 1. The minimum atomic E-state index is -4.34. The summed E-state index contributed by atoms with van der Waals surface area (Å²) in [6.45, 7) is -0.530. The zero-order valence-corrected chi connectivity index (χ0v) is 10.1. The van der Waals surface area contributed by atoms with Crippen LogP contribution in [0.5, 0.6) is 0 Å². The predicted octanol–water partition coefficient (Wildman–Crippen LogP) is 1.86. The maximum absolute atomic E-state index is 11.9. The van der Waals surface area contributed by atoms with Gasteiger partial charge in [0.15, 0.2) is 0 Å². The summed E-state index contributed by atoms with van der Waals surface area (Å²) in [5.41, 5.74) is 0.413. The molecule has 1 heterocycles. The van der Waals surface area contributed by atoms with E-state index in [0.29, 0.717) is 5.56 Å². The van der Waals surface area contributed by atoms with E-state index in [2.05, 4.69) is 10.3 Å². The number of pyridine rings is 1. The highest BCUT2D eigenvalue weighted by Crippen LogP contribution is 2.18. The monoisotopic (exact) mass is 288 g/mol. The number of carbonyl (C=O) groups excluding carboxylic acids is 1.